The van der Waals surface area contributed by atoms with Crippen molar-refractivity contribution in [1.82, 2.24) is 15.2 Å². The highest BCUT2D eigenvalue weighted by molar-refractivity contribution is 5.89. The predicted octanol–water partition coefficient (Wildman–Crippen LogP) is 2.63. The Balaban J connectivity index is 1.36. The third-order valence-electron chi connectivity index (χ3n) is 5.50. The summed E-state index contributed by atoms with van der Waals surface area (Å²) in [6.45, 7) is 3.72. The molecule has 1 aromatic heterocycles. The van der Waals surface area contributed by atoms with Crippen LogP contribution in [0.3, 0.4) is 0 Å². The van der Waals surface area contributed by atoms with E-state index in [1.807, 2.05) is 31.2 Å². The highest BCUT2D eigenvalue weighted by atomic mass is 16.5. The van der Waals surface area contributed by atoms with E-state index in [1.54, 1.807) is 17.3 Å². The second-order valence-electron chi connectivity index (χ2n) is 7.58. The number of aryl methyl sites for hydroxylation is 1. The van der Waals surface area contributed by atoms with E-state index in [2.05, 4.69) is 16.4 Å². The maximum absolute atomic E-state index is 12.7. The van der Waals surface area contributed by atoms with Crippen LogP contribution in [0, 0.1) is 5.92 Å². The molecule has 146 valence electrons. The molecule has 2 atom stereocenters. The van der Waals surface area contributed by atoms with E-state index < -0.39 is 0 Å². The number of aromatic nitrogens is 1. The summed E-state index contributed by atoms with van der Waals surface area (Å²) in [7, 11) is 0. The third kappa shape index (κ3) is 4.01. The van der Waals surface area contributed by atoms with Crippen molar-refractivity contribution in [1.29, 1.82) is 0 Å². The lowest BCUT2D eigenvalue weighted by atomic mass is 9.99. The molecule has 4 rings (SSSR count). The van der Waals surface area contributed by atoms with Gasteiger partial charge in [-0.05, 0) is 54.7 Å². The Morgan fingerprint density at radius 3 is 2.96 bits per heavy atom. The first-order chi connectivity index (χ1) is 13.6. The Bertz CT molecular complexity index is 869. The van der Waals surface area contributed by atoms with Crippen molar-refractivity contribution in [3.05, 3.63) is 59.4 Å². The van der Waals surface area contributed by atoms with Crippen molar-refractivity contribution in [3.63, 3.8) is 0 Å². The number of amides is 2. The molecule has 1 saturated heterocycles. The summed E-state index contributed by atoms with van der Waals surface area (Å²) in [4.78, 5) is 30.8. The number of benzene rings is 1. The summed E-state index contributed by atoms with van der Waals surface area (Å²) in [5.41, 5.74) is 3.29. The maximum Gasteiger partial charge on any atom is 0.225 e. The zero-order chi connectivity index (χ0) is 19.5. The number of ether oxygens (including phenoxy) is 1. The van der Waals surface area contributed by atoms with Crippen molar-refractivity contribution in [2.45, 2.75) is 38.8 Å². The van der Waals surface area contributed by atoms with Gasteiger partial charge in [0.25, 0.3) is 0 Å². The number of likely N-dealkylation sites (tertiary alicyclic amines) is 1. The van der Waals surface area contributed by atoms with Gasteiger partial charge in [-0.1, -0.05) is 12.1 Å². The zero-order valence-electron chi connectivity index (χ0n) is 16.1. The first-order valence-electron chi connectivity index (χ1n) is 9.83. The average molecular weight is 379 g/mol. The number of rotatable bonds is 5. The number of fused-ring (bicyclic) bond motifs is 1. The lowest BCUT2D eigenvalue weighted by Crippen LogP contribution is -2.34. The number of hydrogen-bond donors (Lipinski definition) is 1. The minimum atomic E-state index is -0.308. The highest BCUT2D eigenvalue weighted by Gasteiger charge is 2.34. The highest BCUT2D eigenvalue weighted by Crippen LogP contribution is 2.28. The fraction of sp³-hybridized carbons (Fsp3) is 0.409. The lowest BCUT2D eigenvalue weighted by molar-refractivity contribution is -0.129. The molecule has 1 aromatic carbocycles. The van der Waals surface area contributed by atoms with Gasteiger partial charge in [-0.3, -0.25) is 14.6 Å². The SMILES string of the molecule is C[C@H](NC(=O)[C@@H]1CC(=O)N(Cc2ccncc2)C1)c1ccc2c(c1)CCCO2. The molecule has 28 heavy (non-hydrogen) atoms. The van der Waals surface area contributed by atoms with E-state index in [9.17, 15) is 9.59 Å². The van der Waals surface area contributed by atoms with Gasteiger partial charge in [0.15, 0.2) is 0 Å². The van der Waals surface area contributed by atoms with Crippen molar-refractivity contribution in [2.24, 2.45) is 5.92 Å². The maximum atomic E-state index is 12.7. The van der Waals surface area contributed by atoms with Crippen LogP contribution in [0.15, 0.2) is 42.7 Å². The quantitative estimate of drug-likeness (QED) is 0.867. The van der Waals surface area contributed by atoms with E-state index in [0.29, 0.717) is 13.1 Å². The standard InChI is InChI=1S/C22H25N3O3/c1-15(17-4-5-20-18(11-17)3-2-10-28-20)24-22(27)19-12-21(26)25(14-19)13-16-6-8-23-9-7-16/h4-9,11,15,19H,2-3,10,12-14H2,1H3,(H,24,27)/t15-,19+/m0/s1. The predicted molar refractivity (Wildman–Crippen MR) is 105 cm³/mol. The van der Waals surface area contributed by atoms with Crippen LogP contribution in [-0.2, 0) is 22.6 Å². The number of nitrogens with zero attached hydrogens (tertiary/aromatic N) is 2. The van der Waals surface area contributed by atoms with Gasteiger partial charge in [0, 0.05) is 31.9 Å². The van der Waals surface area contributed by atoms with Gasteiger partial charge >= 0.3 is 0 Å². The molecule has 2 aliphatic rings. The fourth-order valence-electron chi connectivity index (χ4n) is 3.87. The molecule has 0 radical (unpaired) electrons. The summed E-state index contributed by atoms with van der Waals surface area (Å²) in [5.74, 6) is 0.599. The van der Waals surface area contributed by atoms with E-state index in [0.717, 1.165) is 36.3 Å². The van der Waals surface area contributed by atoms with Gasteiger partial charge in [0.1, 0.15) is 5.75 Å². The Labute approximate surface area is 164 Å². The number of nitrogens with one attached hydrogen (secondary N) is 1. The van der Waals surface area contributed by atoms with Gasteiger partial charge in [-0.2, -0.15) is 0 Å². The zero-order valence-corrected chi connectivity index (χ0v) is 16.1. The molecular weight excluding hydrogens is 354 g/mol. The summed E-state index contributed by atoms with van der Waals surface area (Å²) >= 11 is 0. The average Bonchev–Trinajstić information content (AvgIpc) is 3.09. The van der Waals surface area contributed by atoms with Gasteiger partial charge in [0.2, 0.25) is 11.8 Å². The molecule has 0 spiro atoms. The molecule has 3 heterocycles. The van der Waals surface area contributed by atoms with Crippen LogP contribution < -0.4 is 10.1 Å². The summed E-state index contributed by atoms with van der Waals surface area (Å²) in [6.07, 6.45) is 5.72. The summed E-state index contributed by atoms with van der Waals surface area (Å²) in [5, 5.41) is 3.08. The molecule has 0 unspecified atom stereocenters. The molecule has 2 aromatic rings. The molecular formula is C22H25N3O3. The van der Waals surface area contributed by atoms with Crippen molar-refractivity contribution in [2.75, 3.05) is 13.2 Å². The van der Waals surface area contributed by atoms with Crippen LogP contribution >= 0.6 is 0 Å². The van der Waals surface area contributed by atoms with Gasteiger partial charge in [-0.15, -0.1) is 0 Å². The van der Waals surface area contributed by atoms with Crippen molar-refractivity contribution >= 4 is 11.8 Å². The topological polar surface area (TPSA) is 71.5 Å². The molecule has 0 saturated carbocycles. The summed E-state index contributed by atoms with van der Waals surface area (Å²) in [6, 6.07) is 9.79. The van der Waals surface area contributed by atoms with Crippen LogP contribution in [0.1, 0.15) is 42.5 Å². The molecule has 2 amide bonds. The lowest BCUT2D eigenvalue weighted by Gasteiger charge is -2.21. The van der Waals surface area contributed by atoms with Gasteiger partial charge in [0.05, 0.1) is 18.6 Å². The van der Waals surface area contributed by atoms with Crippen LogP contribution in [0.5, 0.6) is 5.75 Å². The van der Waals surface area contributed by atoms with E-state index >= 15 is 0 Å². The van der Waals surface area contributed by atoms with E-state index in [1.165, 1.54) is 5.56 Å². The Morgan fingerprint density at radius 1 is 1.32 bits per heavy atom. The molecule has 6 heteroatoms. The largest absolute Gasteiger partial charge is 0.493 e. The van der Waals surface area contributed by atoms with Crippen LogP contribution in [0.2, 0.25) is 0 Å². The molecule has 0 aliphatic carbocycles. The Morgan fingerprint density at radius 2 is 2.14 bits per heavy atom. The minimum absolute atomic E-state index is 0.0237. The Kier molecular flexibility index (Phi) is 5.28. The fourth-order valence-corrected chi connectivity index (χ4v) is 3.87. The van der Waals surface area contributed by atoms with Crippen molar-refractivity contribution < 1.29 is 14.3 Å². The monoisotopic (exact) mass is 379 g/mol. The summed E-state index contributed by atoms with van der Waals surface area (Å²) < 4.78 is 5.66. The normalized spacial score (nSPS) is 19.7. The first kappa shape index (κ1) is 18.5. The minimum Gasteiger partial charge on any atom is -0.493 e. The molecule has 6 nitrogen and oxygen atoms in total. The van der Waals surface area contributed by atoms with Gasteiger partial charge in [-0.25, -0.2) is 0 Å². The smallest absolute Gasteiger partial charge is 0.225 e. The number of carbonyl (C=O) groups excluding carboxylic acids is 2. The first-order valence-corrected chi connectivity index (χ1v) is 9.83. The molecule has 1 N–H and O–H groups in total. The van der Waals surface area contributed by atoms with Crippen molar-refractivity contribution in [3.8, 4) is 5.75 Å². The second-order valence-corrected chi connectivity index (χ2v) is 7.58. The number of pyridine rings is 1. The van der Waals surface area contributed by atoms with E-state index in [4.69, 9.17) is 4.74 Å². The number of hydrogen-bond acceptors (Lipinski definition) is 4. The van der Waals surface area contributed by atoms with Gasteiger partial charge < -0.3 is 15.0 Å². The Hall–Kier alpha value is -2.89. The van der Waals surface area contributed by atoms with Crippen LogP contribution in [0.4, 0.5) is 0 Å². The molecule has 0 bridgehead atoms. The third-order valence-corrected chi connectivity index (χ3v) is 5.50. The number of carbonyl (C=O) groups is 2. The van der Waals surface area contributed by atoms with Crippen LogP contribution in [-0.4, -0.2) is 34.8 Å². The van der Waals surface area contributed by atoms with Crippen LogP contribution in [0.25, 0.3) is 0 Å². The van der Waals surface area contributed by atoms with E-state index in [-0.39, 0.29) is 30.2 Å². The second kappa shape index (κ2) is 8.00. The molecule has 2 aliphatic heterocycles. The molecule has 1 fully saturated rings.